The molecule has 7 rings (SSSR count). The molecule has 0 saturated carbocycles. The fraction of sp³-hybridized carbons (Fsp3) is 0.154. The Bertz CT molecular complexity index is 1840. The van der Waals surface area contributed by atoms with Crippen molar-refractivity contribution in [1.82, 2.24) is 39.0 Å². The largest absolute Gasteiger partial charge is 0.324 e. The van der Waals surface area contributed by atoms with E-state index in [0.29, 0.717) is 28.6 Å². The van der Waals surface area contributed by atoms with E-state index in [9.17, 15) is 4.79 Å². The molecule has 0 radical (unpaired) electrons. The Kier molecular flexibility index (Phi) is 4.55. The van der Waals surface area contributed by atoms with Crippen LogP contribution in [0.2, 0.25) is 0 Å². The molecule has 176 valence electrons. The van der Waals surface area contributed by atoms with Gasteiger partial charge >= 0.3 is 0 Å². The van der Waals surface area contributed by atoms with Crippen LogP contribution in [0.5, 0.6) is 0 Å². The molecule has 0 aliphatic carbocycles. The summed E-state index contributed by atoms with van der Waals surface area (Å²) >= 11 is 0. The maximum absolute atomic E-state index is 13.7. The maximum atomic E-state index is 13.7. The number of nitrogens with one attached hydrogen (secondary N) is 1. The lowest BCUT2D eigenvalue weighted by Gasteiger charge is -2.25. The molecule has 10 heteroatoms. The van der Waals surface area contributed by atoms with Gasteiger partial charge in [-0.3, -0.25) is 4.79 Å². The molecule has 0 bridgehead atoms. The normalized spacial score (nSPS) is 13.9. The zero-order valence-corrected chi connectivity index (χ0v) is 19.5. The van der Waals surface area contributed by atoms with Gasteiger partial charge in [-0.15, -0.1) is 0 Å². The fourth-order valence-corrected chi connectivity index (χ4v) is 4.84. The first-order chi connectivity index (χ1) is 17.7. The molecule has 1 N–H and O–H groups in total. The number of para-hydroxylation sites is 1. The van der Waals surface area contributed by atoms with Crippen LogP contribution in [0, 0.1) is 0 Å². The van der Waals surface area contributed by atoms with E-state index in [1.54, 1.807) is 23.1 Å². The van der Waals surface area contributed by atoms with Crippen molar-refractivity contribution < 1.29 is 0 Å². The van der Waals surface area contributed by atoms with Crippen LogP contribution in [0.4, 0.5) is 11.6 Å². The predicted octanol–water partition coefficient (Wildman–Crippen LogP) is 3.10. The van der Waals surface area contributed by atoms with Gasteiger partial charge in [0.1, 0.15) is 5.39 Å². The zero-order valence-electron chi connectivity index (χ0n) is 19.5. The zero-order chi connectivity index (χ0) is 24.2. The van der Waals surface area contributed by atoms with Gasteiger partial charge in [-0.2, -0.15) is 9.50 Å². The molecule has 0 spiro atoms. The van der Waals surface area contributed by atoms with Gasteiger partial charge in [-0.25, -0.2) is 24.6 Å². The predicted molar refractivity (Wildman–Crippen MR) is 137 cm³/mol. The smallest absolute Gasteiger partial charge is 0.284 e. The van der Waals surface area contributed by atoms with E-state index in [1.807, 2.05) is 30.3 Å². The van der Waals surface area contributed by atoms with Crippen LogP contribution in [0.3, 0.4) is 0 Å². The topological polar surface area (TPSA) is 106 Å². The van der Waals surface area contributed by atoms with Gasteiger partial charge in [-0.1, -0.05) is 18.2 Å². The number of aromatic nitrogens is 7. The number of fused-ring (bicyclic) bond motifs is 5. The number of benzene rings is 2. The molecular weight excluding hydrogens is 454 g/mol. The van der Waals surface area contributed by atoms with Crippen LogP contribution in [-0.4, -0.2) is 52.6 Å². The number of hydrogen-bond donors (Lipinski definition) is 1. The monoisotopic (exact) mass is 475 g/mol. The highest BCUT2D eigenvalue weighted by atomic mass is 16.1. The Morgan fingerprint density at radius 2 is 1.78 bits per heavy atom. The van der Waals surface area contributed by atoms with Crippen LogP contribution in [0.15, 0.2) is 71.9 Å². The molecule has 4 aromatic heterocycles. The molecule has 1 aliphatic heterocycles. The van der Waals surface area contributed by atoms with Gasteiger partial charge < -0.3 is 10.2 Å². The Balaban J connectivity index is 1.37. The van der Waals surface area contributed by atoms with Gasteiger partial charge in [0, 0.05) is 42.8 Å². The summed E-state index contributed by atoms with van der Waals surface area (Å²) in [4.78, 5) is 38.5. The van der Waals surface area contributed by atoms with E-state index in [4.69, 9.17) is 4.98 Å². The van der Waals surface area contributed by atoms with Gasteiger partial charge in [0.15, 0.2) is 11.3 Å². The summed E-state index contributed by atoms with van der Waals surface area (Å²) in [5.74, 6) is 0.770. The fourth-order valence-electron chi connectivity index (χ4n) is 4.84. The lowest BCUT2D eigenvalue weighted by Crippen LogP contribution is -2.26. The summed E-state index contributed by atoms with van der Waals surface area (Å²) in [6, 6.07) is 15.7. The van der Waals surface area contributed by atoms with Crippen molar-refractivity contribution in [3.05, 3.63) is 88.6 Å². The van der Waals surface area contributed by atoms with Crippen molar-refractivity contribution in [2.75, 3.05) is 18.9 Å². The number of hydrogen-bond acceptors (Lipinski definition) is 8. The summed E-state index contributed by atoms with van der Waals surface area (Å²) in [5, 5.41) is 4.40. The molecule has 1 aliphatic rings. The molecule has 6 aromatic rings. The summed E-state index contributed by atoms with van der Waals surface area (Å²) in [5.41, 5.74) is 4.87. The lowest BCUT2D eigenvalue weighted by atomic mass is 9.99. The van der Waals surface area contributed by atoms with Crippen molar-refractivity contribution in [2.24, 2.45) is 0 Å². The van der Waals surface area contributed by atoms with Crippen molar-refractivity contribution in [2.45, 2.75) is 13.0 Å². The van der Waals surface area contributed by atoms with E-state index >= 15 is 0 Å². The summed E-state index contributed by atoms with van der Waals surface area (Å²) in [6.45, 7) is 1.99. The molecule has 0 amide bonds. The second-order valence-electron chi connectivity index (χ2n) is 8.96. The highest BCUT2D eigenvalue weighted by Crippen LogP contribution is 2.25. The van der Waals surface area contributed by atoms with Gasteiger partial charge in [0.05, 0.1) is 5.52 Å². The minimum Gasteiger partial charge on any atom is -0.324 e. The van der Waals surface area contributed by atoms with Crippen molar-refractivity contribution >= 4 is 39.2 Å². The quantitative estimate of drug-likeness (QED) is 0.416. The summed E-state index contributed by atoms with van der Waals surface area (Å²) in [7, 11) is 2.13. The molecule has 5 heterocycles. The van der Waals surface area contributed by atoms with Crippen molar-refractivity contribution in [3.8, 4) is 5.95 Å². The van der Waals surface area contributed by atoms with E-state index in [0.717, 1.165) is 36.1 Å². The first kappa shape index (κ1) is 20.7. The molecule has 0 unspecified atom stereocenters. The lowest BCUT2D eigenvalue weighted by molar-refractivity contribution is 0.313. The molecule has 0 fully saturated rings. The Morgan fingerprint density at radius 3 is 2.67 bits per heavy atom. The van der Waals surface area contributed by atoms with Crippen molar-refractivity contribution in [3.63, 3.8) is 0 Å². The van der Waals surface area contributed by atoms with Crippen LogP contribution >= 0.6 is 0 Å². The third kappa shape index (κ3) is 3.23. The van der Waals surface area contributed by atoms with Gasteiger partial charge in [0.2, 0.25) is 11.9 Å². The molecule has 10 nitrogen and oxygen atoms in total. The second-order valence-corrected chi connectivity index (χ2v) is 8.96. The van der Waals surface area contributed by atoms with Crippen LogP contribution in [0.1, 0.15) is 11.1 Å². The third-order valence-corrected chi connectivity index (χ3v) is 6.58. The molecule has 2 aromatic carbocycles. The minimum atomic E-state index is -0.289. The average Bonchev–Trinajstić information content (AvgIpc) is 3.24. The molecule has 0 atom stereocenters. The molecular formula is C26H21N9O. The van der Waals surface area contributed by atoms with E-state index in [1.165, 1.54) is 21.8 Å². The molecule has 36 heavy (non-hydrogen) atoms. The van der Waals surface area contributed by atoms with Crippen molar-refractivity contribution in [1.29, 1.82) is 0 Å². The van der Waals surface area contributed by atoms with E-state index < -0.39 is 0 Å². The number of rotatable bonds is 3. The highest BCUT2D eigenvalue weighted by molar-refractivity contribution is 5.95. The van der Waals surface area contributed by atoms with E-state index in [-0.39, 0.29) is 5.56 Å². The van der Waals surface area contributed by atoms with Gasteiger partial charge in [-0.05, 0) is 54.9 Å². The van der Waals surface area contributed by atoms with Crippen LogP contribution in [0.25, 0.3) is 33.5 Å². The summed E-state index contributed by atoms with van der Waals surface area (Å²) < 4.78 is 3.16. The van der Waals surface area contributed by atoms with Crippen LogP contribution in [-0.2, 0) is 13.0 Å². The molecule has 0 saturated heterocycles. The summed E-state index contributed by atoms with van der Waals surface area (Å²) in [6.07, 6.45) is 5.81. The number of anilines is 2. The second kappa shape index (κ2) is 7.92. The standard InChI is InChI=1S/C26H21N9O/c1-33-12-9-16-13-18(8-7-17(16)15-33)30-25-29-14-20-22(32-25)31-23-19-5-2-3-6-21(19)34(35(23)24(20)36)26-27-10-4-11-28-26/h2-8,10-11,13-14H,9,12,15H2,1H3,(H,29,30,32). The maximum Gasteiger partial charge on any atom is 0.284 e. The first-order valence-corrected chi connectivity index (χ1v) is 11.7. The highest BCUT2D eigenvalue weighted by Gasteiger charge is 2.19. The van der Waals surface area contributed by atoms with E-state index in [2.05, 4.69) is 49.3 Å². The Labute approximate surface area is 204 Å². The Hall–Kier alpha value is -4.70. The number of nitrogens with zero attached hydrogens (tertiary/aromatic N) is 8. The van der Waals surface area contributed by atoms with Gasteiger partial charge in [0.25, 0.3) is 5.56 Å². The Morgan fingerprint density at radius 1 is 0.917 bits per heavy atom. The first-order valence-electron chi connectivity index (χ1n) is 11.7. The van der Waals surface area contributed by atoms with Crippen LogP contribution < -0.4 is 10.9 Å². The third-order valence-electron chi connectivity index (χ3n) is 6.58. The SMILES string of the molecule is CN1CCc2cc(Nc3ncc4c(=O)n5c(nc4n3)c3ccccc3n5-c3ncccn3)ccc2C1. The average molecular weight is 476 g/mol. The number of likely N-dealkylation sites (N-methyl/N-ethyl adjacent to an activating group) is 1. The minimum absolute atomic E-state index is 0.289.